The number of anilines is 1. The van der Waals surface area contributed by atoms with Crippen molar-refractivity contribution in [2.75, 3.05) is 24.6 Å². The first-order valence-electron chi connectivity index (χ1n) is 6.09. The first-order valence-corrected chi connectivity index (χ1v) is 6.89. The SMILES string of the molecule is CCC1CN(c2ccc(CN)c(Br)c2)CCO1. The fourth-order valence-corrected chi connectivity index (χ4v) is 2.63. The number of morpholine rings is 1. The molecule has 0 amide bonds. The van der Waals surface area contributed by atoms with Crippen molar-refractivity contribution >= 4 is 21.6 Å². The van der Waals surface area contributed by atoms with E-state index in [2.05, 4.69) is 46.0 Å². The van der Waals surface area contributed by atoms with Gasteiger partial charge in [0.05, 0.1) is 12.7 Å². The third-order valence-corrected chi connectivity index (χ3v) is 3.95. The zero-order valence-electron chi connectivity index (χ0n) is 10.2. The summed E-state index contributed by atoms with van der Waals surface area (Å²) in [5, 5.41) is 0. The van der Waals surface area contributed by atoms with Crippen LogP contribution in [-0.4, -0.2) is 25.8 Å². The molecule has 0 bridgehead atoms. The molecule has 0 saturated carbocycles. The number of ether oxygens (including phenoxy) is 1. The van der Waals surface area contributed by atoms with Crippen LogP contribution in [-0.2, 0) is 11.3 Å². The number of nitrogens with two attached hydrogens (primary N) is 1. The summed E-state index contributed by atoms with van der Waals surface area (Å²) in [6.45, 7) is 5.49. The monoisotopic (exact) mass is 298 g/mol. The molecule has 3 nitrogen and oxygen atoms in total. The fourth-order valence-electron chi connectivity index (χ4n) is 2.10. The van der Waals surface area contributed by atoms with Crippen molar-refractivity contribution in [3.8, 4) is 0 Å². The molecule has 2 N–H and O–H groups in total. The van der Waals surface area contributed by atoms with Gasteiger partial charge in [-0.3, -0.25) is 0 Å². The van der Waals surface area contributed by atoms with Crippen molar-refractivity contribution in [2.45, 2.75) is 26.0 Å². The van der Waals surface area contributed by atoms with Crippen LogP contribution in [0.15, 0.2) is 22.7 Å². The second-order valence-electron chi connectivity index (χ2n) is 4.33. The Balaban J connectivity index is 2.13. The first kappa shape index (κ1) is 12.9. The Bertz CT molecular complexity index is 384. The van der Waals surface area contributed by atoms with Crippen LogP contribution in [0.4, 0.5) is 5.69 Å². The van der Waals surface area contributed by atoms with Crippen LogP contribution in [0.5, 0.6) is 0 Å². The third-order valence-electron chi connectivity index (χ3n) is 3.22. The Hall–Kier alpha value is -0.580. The molecule has 2 rings (SSSR count). The van der Waals surface area contributed by atoms with Crippen molar-refractivity contribution in [3.05, 3.63) is 28.2 Å². The molecular formula is C13H19BrN2O. The van der Waals surface area contributed by atoms with Gasteiger partial charge in [0.2, 0.25) is 0 Å². The summed E-state index contributed by atoms with van der Waals surface area (Å²) in [7, 11) is 0. The van der Waals surface area contributed by atoms with Gasteiger partial charge in [0.1, 0.15) is 0 Å². The summed E-state index contributed by atoms with van der Waals surface area (Å²) in [4.78, 5) is 2.38. The fraction of sp³-hybridized carbons (Fsp3) is 0.538. The van der Waals surface area contributed by atoms with E-state index in [1.807, 2.05) is 0 Å². The van der Waals surface area contributed by atoms with E-state index >= 15 is 0 Å². The molecule has 1 saturated heterocycles. The number of hydrogen-bond donors (Lipinski definition) is 1. The van der Waals surface area contributed by atoms with E-state index < -0.39 is 0 Å². The second-order valence-corrected chi connectivity index (χ2v) is 5.18. The molecular weight excluding hydrogens is 280 g/mol. The Morgan fingerprint density at radius 2 is 2.35 bits per heavy atom. The van der Waals surface area contributed by atoms with Crippen molar-refractivity contribution in [2.24, 2.45) is 5.73 Å². The number of hydrogen-bond acceptors (Lipinski definition) is 3. The van der Waals surface area contributed by atoms with E-state index in [1.54, 1.807) is 0 Å². The lowest BCUT2D eigenvalue weighted by Crippen LogP contribution is -2.42. The zero-order chi connectivity index (χ0) is 12.3. The predicted octanol–water partition coefficient (Wildman–Crippen LogP) is 2.52. The van der Waals surface area contributed by atoms with E-state index in [0.29, 0.717) is 12.6 Å². The summed E-state index contributed by atoms with van der Waals surface area (Å²) >= 11 is 3.57. The number of rotatable bonds is 3. The van der Waals surface area contributed by atoms with Crippen LogP contribution in [0.25, 0.3) is 0 Å². The Labute approximate surface area is 111 Å². The molecule has 1 atom stereocenters. The van der Waals surface area contributed by atoms with Gasteiger partial charge < -0.3 is 15.4 Å². The molecule has 17 heavy (non-hydrogen) atoms. The highest BCUT2D eigenvalue weighted by Gasteiger charge is 2.19. The summed E-state index contributed by atoms with van der Waals surface area (Å²) in [5.41, 5.74) is 8.05. The smallest absolute Gasteiger partial charge is 0.0748 e. The molecule has 0 spiro atoms. The topological polar surface area (TPSA) is 38.5 Å². The largest absolute Gasteiger partial charge is 0.375 e. The summed E-state index contributed by atoms with van der Waals surface area (Å²) in [6.07, 6.45) is 1.43. The maximum Gasteiger partial charge on any atom is 0.0748 e. The summed E-state index contributed by atoms with van der Waals surface area (Å²) in [6, 6.07) is 6.39. The standard InChI is InChI=1S/C13H19BrN2O/c1-2-12-9-16(5-6-17-12)11-4-3-10(8-15)13(14)7-11/h3-4,7,12H,2,5-6,8-9,15H2,1H3. The van der Waals surface area contributed by atoms with Crippen LogP contribution in [0.1, 0.15) is 18.9 Å². The normalized spacial score (nSPS) is 20.6. The lowest BCUT2D eigenvalue weighted by atomic mass is 10.1. The maximum absolute atomic E-state index is 5.68. The van der Waals surface area contributed by atoms with E-state index in [0.717, 1.165) is 36.2 Å². The highest BCUT2D eigenvalue weighted by Crippen LogP contribution is 2.25. The van der Waals surface area contributed by atoms with Gasteiger partial charge in [0, 0.05) is 29.8 Å². The average Bonchev–Trinajstić information content (AvgIpc) is 2.38. The van der Waals surface area contributed by atoms with E-state index in [-0.39, 0.29) is 0 Å². The molecule has 1 aliphatic rings. The molecule has 1 heterocycles. The number of nitrogens with zero attached hydrogens (tertiary/aromatic N) is 1. The predicted molar refractivity (Wildman–Crippen MR) is 74.3 cm³/mol. The molecule has 1 aromatic carbocycles. The van der Waals surface area contributed by atoms with Gasteiger partial charge in [-0.05, 0) is 24.1 Å². The molecule has 4 heteroatoms. The van der Waals surface area contributed by atoms with Gasteiger partial charge in [-0.1, -0.05) is 28.9 Å². The van der Waals surface area contributed by atoms with E-state index in [9.17, 15) is 0 Å². The van der Waals surface area contributed by atoms with Crippen LogP contribution in [0.3, 0.4) is 0 Å². The molecule has 0 radical (unpaired) electrons. The molecule has 94 valence electrons. The highest BCUT2D eigenvalue weighted by atomic mass is 79.9. The van der Waals surface area contributed by atoms with Gasteiger partial charge in [0.25, 0.3) is 0 Å². The van der Waals surface area contributed by atoms with Crippen LogP contribution in [0, 0.1) is 0 Å². The van der Waals surface area contributed by atoms with E-state index in [4.69, 9.17) is 10.5 Å². The Kier molecular flexibility index (Phi) is 4.42. The molecule has 1 unspecified atom stereocenters. The molecule has 1 fully saturated rings. The number of benzene rings is 1. The highest BCUT2D eigenvalue weighted by molar-refractivity contribution is 9.10. The van der Waals surface area contributed by atoms with Gasteiger partial charge in [-0.25, -0.2) is 0 Å². The quantitative estimate of drug-likeness (QED) is 0.932. The lowest BCUT2D eigenvalue weighted by Gasteiger charge is -2.34. The van der Waals surface area contributed by atoms with Crippen molar-refractivity contribution in [3.63, 3.8) is 0 Å². The minimum absolute atomic E-state index is 0.358. The van der Waals surface area contributed by atoms with Gasteiger partial charge in [-0.15, -0.1) is 0 Å². The first-order chi connectivity index (χ1) is 8.24. The molecule has 0 aliphatic carbocycles. The Morgan fingerprint density at radius 1 is 1.53 bits per heavy atom. The summed E-state index contributed by atoms with van der Waals surface area (Å²) < 4.78 is 6.78. The maximum atomic E-state index is 5.68. The van der Waals surface area contributed by atoms with Gasteiger partial charge >= 0.3 is 0 Å². The lowest BCUT2D eigenvalue weighted by molar-refractivity contribution is 0.0384. The van der Waals surface area contributed by atoms with Gasteiger partial charge in [-0.2, -0.15) is 0 Å². The Morgan fingerprint density at radius 3 is 3.00 bits per heavy atom. The third kappa shape index (κ3) is 3.00. The van der Waals surface area contributed by atoms with Crippen LogP contribution < -0.4 is 10.6 Å². The van der Waals surface area contributed by atoms with E-state index in [1.165, 1.54) is 5.69 Å². The minimum atomic E-state index is 0.358. The van der Waals surface area contributed by atoms with Crippen molar-refractivity contribution < 1.29 is 4.74 Å². The second kappa shape index (κ2) is 5.85. The average molecular weight is 299 g/mol. The van der Waals surface area contributed by atoms with Gasteiger partial charge in [0.15, 0.2) is 0 Å². The molecule has 1 aliphatic heterocycles. The van der Waals surface area contributed by atoms with Crippen LogP contribution >= 0.6 is 15.9 Å². The molecule has 1 aromatic rings. The zero-order valence-corrected chi connectivity index (χ0v) is 11.7. The molecule has 0 aromatic heterocycles. The van der Waals surface area contributed by atoms with Crippen molar-refractivity contribution in [1.82, 2.24) is 0 Å². The summed E-state index contributed by atoms with van der Waals surface area (Å²) in [5.74, 6) is 0. The number of halogens is 1. The minimum Gasteiger partial charge on any atom is -0.375 e. The van der Waals surface area contributed by atoms with Crippen molar-refractivity contribution in [1.29, 1.82) is 0 Å². The van der Waals surface area contributed by atoms with Crippen LogP contribution in [0.2, 0.25) is 0 Å².